The summed E-state index contributed by atoms with van der Waals surface area (Å²) in [6.45, 7) is 3.26. The van der Waals surface area contributed by atoms with Crippen LogP contribution in [0.1, 0.15) is 66.7 Å². The number of nitrogens with two attached hydrogens (primary N) is 1. The monoisotopic (exact) mass is 577 g/mol. The van der Waals surface area contributed by atoms with Crippen LogP contribution in [0, 0.1) is 0 Å². The zero-order valence-electron chi connectivity index (χ0n) is 23.2. The SMILES string of the molecule is C.C.CCCC(=O)N[C@@H](CCCNC(=NC)NC)C(=O)O.CN=C(NC)NCCC[C@H](NC(=O)CCN)C(=O)O. The van der Waals surface area contributed by atoms with Crippen LogP contribution in [-0.2, 0) is 19.2 Å². The number of rotatable bonds is 16. The van der Waals surface area contributed by atoms with Gasteiger partial charge in [0.1, 0.15) is 12.1 Å². The van der Waals surface area contributed by atoms with Crippen LogP contribution in [-0.4, -0.2) is 106 Å². The highest BCUT2D eigenvalue weighted by atomic mass is 16.4. The molecule has 10 N–H and O–H groups in total. The van der Waals surface area contributed by atoms with Crippen molar-refractivity contribution >= 4 is 35.7 Å². The van der Waals surface area contributed by atoms with Gasteiger partial charge in [-0.05, 0) is 32.1 Å². The van der Waals surface area contributed by atoms with Gasteiger partial charge in [0.15, 0.2) is 11.9 Å². The van der Waals surface area contributed by atoms with Gasteiger partial charge < -0.3 is 47.8 Å². The van der Waals surface area contributed by atoms with E-state index in [4.69, 9.17) is 15.9 Å². The van der Waals surface area contributed by atoms with Crippen molar-refractivity contribution in [3.63, 3.8) is 0 Å². The number of aliphatic carboxylic acids is 2. The normalized spacial score (nSPS) is 12.1. The molecule has 0 radical (unpaired) electrons. The van der Waals surface area contributed by atoms with E-state index in [2.05, 4.69) is 41.9 Å². The molecule has 0 aromatic carbocycles. The summed E-state index contributed by atoms with van der Waals surface area (Å²) >= 11 is 0. The maximum absolute atomic E-state index is 11.4. The van der Waals surface area contributed by atoms with Crippen LogP contribution < -0.4 is 37.6 Å². The second-order valence-corrected chi connectivity index (χ2v) is 7.99. The molecule has 0 saturated carbocycles. The van der Waals surface area contributed by atoms with Gasteiger partial charge in [-0.2, -0.15) is 0 Å². The first-order chi connectivity index (χ1) is 18.1. The third-order valence-corrected chi connectivity index (χ3v) is 4.96. The van der Waals surface area contributed by atoms with E-state index in [-0.39, 0.29) is 39.6 Å². The van der Waals surface area contributed by atoms with Crippen molar-refractivity contribution in [2.75, 3.05) is 47.8 Å². The number of carboxylic acids is 2. The Kier molecular flexibility index (Phi) is 30.8. The summed E-state index contributed by atoms with van der Waals surface area (Å²) in [5.41, 5.74) is 5.23. The van der Waals surface area contributed by atoms with Crippen LogP contribution >= 0.6 is 0 Å². The van der Waals surface area contributed by atoms with Gasteiger partial charge in [0.05, 0.1) is 0 Å². The highest BCUT2D eigenvalue weighted by molar-refractivity contribution is 5.84. The Bertz CT molecular complexity index is 701. The number of carboxylic acid groups (broad SMARTS) is 2. The molecule has 15 nitrogen and oxygen atoms in total. The minimum atomic E-state index is -1.04. The van der Waals surface area contributed by atoms with Crippen molar-refractivity contribution in [3.8, 4) is 0 Å². The fraction of sp³-hybridized carbons (Fsp3) is 0.760. The summed E-state index contributed by atoms with van der Waals surface area (Å²) in [7, 11) is 6.79. The molecule has 0 aromatic rings. The van der Waals surface area contributed by atoms with Gasteiger partial charge in [-0.3, -0.25) is 19.6 Å². The van der Waals surface area contributed by atoms with Crippen molar-refractivity contribution < 1.29 is 29.4 Å². The lowest BCUT2D eigenvalue weighted by molar-refractivity contribution is -0.142. The molecular formula is C25H55N9O6. The van der Waals surface area contributed by atoms with Gasteiger partial charge in [-0.1, -0.05) is 21.8 Å². The molecule has 0 unspecified atom stereocenters. The molecule has 236 valence electrons. The molecule has 0 saturated heterocycles. The molecule has 0 aliphatic carbocycles. The average Bonchev–Trinajstić information content (AvgIpc) is 2.88. The van der Waals surface area contributed by atoms with E-state index in [0.717, 1.165) is 0 Å². The van der Waals surface area contributed by atoms with Crippen LogP contribution in [0.3, 0.4) is 0 Å². The first-order valence-corrected chi connectivity index (χ1v) is 12.6. The van der Waals surface area contributed by atoms with E-state index in [0.29, 0.717) is 63.5 Å². The Morgan fingerprint density at radius 2 is 1.12 bits per heavy atom. The Labute approximate surface area is 239 Å². The molecule has 2 amide bonds. The van der Waals surface area contributed by atoms with Gasteiger partial charge >= 0.3 is 11.9 Å². The molecule has 0 aliphatic rings. The van der Waals surface area contributed by atoms with Crippen molar-refractivity contribution in [1.82, 2.24) is 31.9 Å². The van der Waals surface area contributed by atoms with Crippen molar-refractivity contribution in [2.45, 2.75) is 78.8 Å². The Hall–Kier alpha value is -3.62. The predicted molar refractivity (Wildman–Crippen MR) is 160 cm³/mol. The maximum Gasteiger partial charge on any atom is 0.326 e. The summed E-state index contributed by atoms with van der Waals surface area (Å²) in [4.78, 5) is 52.5. The van der Waals surface area contributed by atoms with E-state index < -0.39 is 24.0 Å². The Morgan fingerprint density at radius 3 is 1.40 bits per heavy atom. The van der Waals surface area contributed by atoms with E-state index in [1.165, 1.54) is 0 Å². The van der Waals surface area contributed by atoms with Crippen molar-refractivity contribution in [3.05, 3.63) is 0 Å². The number of carbonyl (C=O) groups excluding carboxylic acids is 2. The smallest absolute Gasteiger partial charge is 0.326 e. The topological polar surface area (TPSA) is 232 Å². The largest absolute Gasteiger partial charge is 0.480 e. The standard InChI is InChI=1S/C12H24N4O3.C11H23N5O3.2CH4/c1-4-6-10(17)16-9(11(18)19)7-5-8-15-12(13-2)14-3;1-13-11(14-2)15-7-3-4-8(10(18)19)16-9(17)5-6-12;;/h9H,4-8H2,1-3H3,(H,16,17)(H,18,19)(H2,13,14,15);8H,3-7,12H2,1-2H3,(H,16,17)(H,18,19)(H2,13,14,15);2*1H4/t9-;8-;;/m00../s1. The maximum atomic E-state index is 11.4. The van der Waals surface area contributed by atoms with Gasteiger partial charge in [0, 0.05) is 60.7 Å². The van der Waals surface area contributed by atoms with Crippen LogP contribution in [0.5, 0.6) is 0 Å². The van der Waals surface area contributed by atoms with Gasteiger partial charge in [-0.25, -0.2) is 9.59 Å². The molecule has 0 heterocycles. The average molecular weight is 578 g/mol. The van der Waals surface area contributed by atoms with E-state index in [1.54, 1.807) is 28.2 Å². The quantitative estimate of drug-likeness (QED) is 0.0655. The first-order valence-electron chi connectivity index (χ1n) is 12.6. The Balaban J connectivity index is -0.000000309. The van der Waals surface area contributed by atoms with Gasteiger partial charge in [-0.15, -0.1) is 0 Å². The number of aliphatic imine (C=N–C) groups is 2. The van der Waals surface area contributed by atoms with E-state index in [9.17, 15) is 19.2 Å². The number of amides is 2. The lowest BCUT2D eigenvalue weighted by Crippen LogP contribution is -2.42. The summed E-state index contributed by atoms with van der Waals surface area (Å²) < 4.78 is 0. The molecule has 0 rings (SSSR count). The van der Waals surface area contributed by atoms with Crippen molar-refractivity contribution in [1.29, 1.82) is 0 Å². The number of hydrogen-bond acceptors (Lipinski definition) is 7. The summed E-state index contributed by atoms with van der Waals surface area (Å²) in [5.74, 6) is -1.30. The molecule has 0 fully saturated rings. The molecular weight excluding hydrogens is 522 g/mol. The van der Waals surface area contributed by atoms with Crippen molar-refractivity contribution in [2.24, 2.45) is 15.7 Å². The zero-order chi connectivity index (χ0) is 29.3. The molecule has 15 heteroatoms. The number of hydrogen-bond donors (Lipinski definition) is 9. The summed E-state index contributed by atoms with van der Waals surface area (Å²) in [5, 5.41) is 34.7. The second kappa shape index (κ2) is 28.4. The van der Waals surface area contributed by atoms with Gasteiger partial charge in [0.2, 0.25) is 11.8 Å². The lowest BCUT2D eigenvalue weighted by Gasteiger charge is -2.15. The fourth-order valence-corrected chi connectivity index (χ4v) is 2.99. The van der Waals surface area contributed by atoms with E-state index >= 15 is 0 Å². The molecule has 0 aliphatic heterocycles. The third kappa shape index (κ3) is 23.5. The minimum absolute atomic E-state index is 0. The van der Waals surface area contributed by atoms with Crippen LogP contribution in [0.4, 0.5) is 0 Å². The van der Waals surface area contributed by atoms with Crippen LogP contribution in [0.25, 0.3) is 0 Å². The molecule has 0 aromatic heterocycles. The molecule has 0 bridgehead atoms. The Morgan fingerprint density at radius 1 is 0.750 bits per heavy atom. The second-order valence-electron chi connectivity index (χ2n) is 7.99. The first kappa shape index (κ1) is 43.4. The number of guanidine groups is 2. The van der Waals surface area contributed by atoms with Crippen LogP contribution in [0.15, 0.2) is 9.98 Å². The lowest BCUT2D eigenvalue weighted by atomic mass is 10.1. The molecule has 40 heavy (non-hydrogen) atoms. The molecule has 2 atom stereocenters. The van der Waals surface area contributed by atoms with Crippen LogP contribution in [0.2, 0.25) is 0 Å². The minimum Gasteiger partial charge on any atom is -0.480 e. The molecule has 0 spiro atoms. The predicted octanol–water partition coefficient (Wildman–Crippen LogP) is -0.317. The summed E-state index contributed by atoms with van der Waals surface area (Å²) in [6, 6.07) is -1.70. The highest BCUT2D eigenvalue weighted by Gasteiger charge is 2.19. The fourth-order valence-electron chi connectivity index (χ4n) is 2.99. The number of nitrogens with one attached hydrogen (secondary N) is 6. The highest BCUT2D eigenvalue weighted by Crippen LogP contribution is 1.99. The van der Waals surface area contributed by atoms with Gasteiger partial charge in [0.25, 0.3) is 0 Å². The van der Waals surface area contributed by atoms with E-state index in [1.807, 2.05) is 6.92 Å². The number of carbonyl (C=O) groups is 4. The number of nitrogens with zero attached hydrogens (tertiary/aromatic N) is 2. The zero-order valence-corrected chi connectivity index (χ0v) is 23.2. The third-order valence-electron chi connectivity index (χ3n) is 4.96. The summed E-state index contributed by atoms with van der Waals surface area (Å²) in [6.07, 6.45) is 3.16.